The van der Waals surface area contributed by atoms with Gasteiger partial charge in [0, 0.05) is 17.2 Å². The minimum absolute atomic E-state index is 0.0568. The number of anilines is 1. The number of fused-ring (bicyclic) bond motifs is 2. The number of benzene rings is 3. The molecule has 0 radical (unpaired) electrons. The number of rotatable bonds is 5. The average molecular weight is 437 g/mol. The summed E-state index contributed by atoms with van der Waals surface area (Å²) in [5.41, 5.74) is 0.330. The van der Waals surface area contributed by atoms with Crippen molar-refractivity contribution >= 4 is 40.4 Å². The second-order valence-corrected chi connectivity index (χ2v) is 7.02. The van der Waals surface area contributed by atoms with Gasteiger partial charge in [-0.25, -0.2) is 0 Å². The number of para-hydroxylation sites is 2. The first kappa shape index (κ1) is 20.2. The zero-order valence-corrected chi connectivity index (χ0v) is 16.5. The van der Waals surface area contributed by atoms with Crippen molar-refractivity contribution in [2.24, 2.45) is 0 Å². The predicted octanol–water partition coefficient (Wildman–Crippen LogP) is 4.04. The lowest BCUT2D eigenvalue weighted by molar-refractivity contribution is -0.385. The molecule has 1 N–H and O–H groups in total. The van der Waals surface area contributed by atoms with Gasteiger partial charge in [0.15, 0.2) is 23.9 Å². The highest BCUT2D eigenvalue weighted by atomic mass is 35.5. The number of hydrogen-bond donors (Lipinski definition) is 1. The van der Waals surface area contributed by atoms with Gasteiger partial charge < -0.3 is 10.1 Å². The fraction of sp³-hybridized carbons (Fsp3) is 0.0455. The van der Waals surface area contributed by atoms with E-state index >= 15 is 0 Å². The molecule has 0 heterocycles. The zero-order valence-electron chi connectivity index (χ0n) is 15.8. The number of nitrogens with zero attached hydrogens (tertiary/aromatic N) is 1. The van der Waals surface area contributed by atoms with Crippen LogP contribution < -0.4 is 10.1 Å². The largest absolute Gasteiger partial charge is 0.477 e. The number of halogens is 1. The molecule has 0 saturated carbocycles. The Labute approximate surface area is 180 Å². The van der Waals surface area contributed by atoms with E-state index in [-0.39, 0.29) is 44.4 Å². The maximum atomic E-state index is 13.0. The number of ketones is 2. The van der Waals surface area contributed by atoms with Crippen molar-refractivity contribution in [1.82, 2.24) is 0 Å². The van der Waals surface area contributed by atoms with Crippen LogP contribution in [0.1, 0.15) is 31.8 Å². The summed E-state index contributed by atoms with van der Waals surface area (Å²) in [6.45, 7) is -0.529. The van der Waals surface area contributed by atoms with Crippen LogP contribution in [-0.4, -0.2) is 29.0 Å². The van der Waals surface area contributed by atoms with Gasteiger partial charge in [-0.05, 0) is 18.2 Å². The lowest BCUT2D eigenvalue weighted by Crippen LogP contribution is -2.26. The molecule has 1 aliphatic rings. The van der Waals surface area contributed by atoms with Crippen LogP contribution in [0.15, 0.2) is 60.7 Å². The van der Waals surface area contributed by atoms with E-state index in [1.165, 1.54) is 48.5 Å². The number of carbonyl (C=O) groups excluding carboxylic acids is 3. The van der Waals surface area contributed by atoms with E-state index in [9.17, 15) is 24.5 Å². The summed E-state index contributed by atoms with van der Waals surface area (Å²) in [7, 11) is 0. The molecule has 4 rings (SSSR count). The highest BCUT2D eigenvalue weighted by molar-refractivity contribution is 6.39. The zero-order chi connectivity index (χ0) is 22.1. The van der Waals surface area contributed by atoms with Crippen LogP contribution in [-0.2, 0) is 4.79 Å². The van der Waals surface area contributed by atoms with Crippen molar-refractivity contribution in [2.45, 2.75) is 0 Å². The normalized spacial score (nSPS) is 12.0. The van der Waals surface area contributed by atoms with Gasteiger partial charge in [-0.2, -0.15) is 0 Å². The third-order valence-corrected chi connectivity index (χ3v) is 5.03. The lowest BCUT2D eigenvalue weighted by atomic mass is 9.83. The molecule has 0 atom stereocenters. The molecular formula is C22H13ClN2O6. The average Bonchev–Trinajstić information content (AvgIpc) is 2.76. The predicted molar refractivity (Wildman–Crippen MR) is 112 cm³/mol. The summed E-state index contributed by atoms with van der Waals surface area (Å²) in [6, 6.07) is 14.8. The van der Waals surface area contributed by atoms with E-state index in [0.717, 1.165) is 0 Å². The Morgan fingerprint density at radius 3 is 2.32 bits per heavy atom. The lowest BCUT2D eigenvalue weighted by Gasteiger charge is -2.21. The monoisotopic (exact) mass is 436 g/mol. The van der Waals surface area contributed by atoms with Gasteiger partial charge in [0.2, 0.25) is 0 Å². The molecule has 154 valence electrons. The van der Waals surface area contributed by atoms with Gasteiger partial charge in [0.1, 0.15) is 0 Å². The molecule has 0 bridgehead atoms. The Balaban J connectivity index is 1.59. The third kappa shape index (κ3) is 3.64. The summed E-state index contributed by atoms with van der Waals surface area (Å²) in [5, 5.41) is 13.8. The summed E-state index contributed by atoms with van der Waals surface area (Å²) in [4.78, 5) is 48.8. The van der Waals surface area contributed by atoms with Crippen LogP contribution in [0.25, 0.3) is 0 Å². The van der Waals surface area contributed by atoms with Crippen LogP contribution in [0.2, 0.25) is 5.02 Å². The molecule has 1 amide bonds. The summed E-state index contributed by atoms with van der Waals surface area (Å²) in [5.74, 6) is -1.57. The van der Waals surface area contributed by atoms with E-state index in [2.05, 4.69) is 5.32 Å². The molecule has 0 saturated heterocycles. The van der Waals surface area contributed by atoms with Crippen LogP contribution in [0.4, 0.5) is 11.4 Å². The molecule has 3 aromatic rings. The van der Waals surface area contributed by atoms with Crippen molar-refractivity contribution < 1.29 is 24.0 Å². The van der Waals surface area contributed by atoms with E-state index in [0.29, 0.717) is 0 Å². The topological polar surface area (TPSA) is 116 Å². The molecule has 0 spiro atoms. The van der Waals surface area contributed by atoms with Gasteiger partial charge >= 0.3 is 5.69 Å². The molecule has 3 aromatic carbocycles. The number of carbonyl (C=O) groups is 3. The van der Waals surface area contributed by atoms with Crippen molar-refractivity contribution in [1.29, 1.82) is 0 Å². The molecule has 0 unspecified atom stereocenters. The number of amides is 1. The molecule has 31 heavy (non-hydrogen) atoms. The van der Waals surface area contributed by atoms with Gasteiger partial charge in [0.25, 0.3) is 5.91 Å². The van der Waals surface area contributed by atoms with E-state index < -0.39 is 29.0 Å². The van der Waals surface area contributed by atoms with Gasteiger partial charge in [0.05, 0.1) is 26.8 Å². The fourth-order valence-electron chi connectivity index (χ4n) is 3.36. The third-order valence-electron chi connectivity index (χ3n) is 4.72. The number of hydrogen-bond acceptors (Lipinski definition) is 6. The maximum absolute atomic E-state index is 13.0. The van der Waals surface area contributed by atoms with Crippen LogP contribution in [0.5, 0.6) is 5.75 Å². The summed E-state index contributed by atoms with van der Waals surface area (Å²) in [6.07, 6.45) is 0. The number of ether oxygens (including phenoxy) is 1. The van der Waals surface area contributed by atoms with Crippen LogP contribution in [0.3, 0.4) is 0 Å². The van der Waals surface area contributed by atoms with E-state index in [4.69, 9.17) is 16.3 Å². The highest BCUT2D eigenvalue weighted by Crippen LogP contribution is 2.35. The second-order valence-electron chi connectivity index (χ2n) is 6.61. The SMILES string of the molecule is O=C(COc1ccccc1[N+](=O)[O-])Nc1cccc2c1C(=O)c1cccc(Cl)c1C2=O. The van der Waals surface area contributed by atoms with Gasteiger partial charge in [-0.1, -0.05) is 48.0 Å². The molecule has 9 heteroatoms. The Kier molecular flexibility index (Phi) is 5.22. The molecule has 8 nitrogen and oxygen atoms in total. The van der Waals surface area contributed by atoms with Crippen molar-refractivity contribution in [3.8, 4) is 5.75 Å². The Hall–Kier alpha value is -4.04. The van der Waals surface area contributed by atoms with Crippen LogP contribution >= 0.6 is 11.6 Å². The Morgan fingerprint density at radius 1 is 0.935 bits per heavy atom. The Morgan fingerprint density at radius 2 is 1.58 bits per heavy atom. The van der Waals surface area contributed by atoms with E-state index in [1.807, 2.05) is 0 Å². The Bertz CT molecular complexity index is 1270. The first-order chi connectivity index (χ1) is 14.9. The summed E-state index contributed by atoms with van der Waals surface area (Å²) >= 11 is 6.12. The van der Waals surface area contributed by atoms with Crippen molar-refractivity contribution in [2.75, 3.05) is 11.9 Å². The fourth-order valence-corrected chi connectivity index (χ4v) is 3.62. The number of nitrogens with one attached hydrogen (secondary N) is 1. The first-order valence-electron chi connectivity index (χ1n) is 9.05. The maximum Gasteiger partial charge on any atom is 0.310 e. The van der Waals surface area contributed by atoms with E-state index in [1.54, 1.807) is 12.1 Å². The smallest absolute Gasteiger partial charge is 0.310 e. The minimum Gasteiger partial charge on any atom is -0.477 e. The molecule has 0 aromatic heterocycles. The number of nitro benzene ring substituents is 1. The highest BCUT2D eigenvalue weighted by Gasteiger charge is 2.33. The van der Waals surface area contributed by atoms with Crippen molar-refractivity contribution in [3.05, 3.63) is 98.1 Å². The van der Waals surface area contributed by atoms with Gasteiger partial charge in [-0.15, -0.1) is 0 Å². The number of nitro groups is 1. The van der Waals surface area contributed by atoms with Crippen LogP contribution in [0, 0.1) is 10.1 Å². The summed E-state index contributed by atoms with van der Waals surface area (Å²) < 4.78 is 5.27. The molecule has 1 aliphatic carbocycles. The molecule has 0 fully saturated rings. The standard InChI is InChI=1S/C22H13ClN2O6/c23-14-7-3-5-12-19(14)21(27)13-6-4-8-15(20(13)22(12)28)24-18(26)11-31-17-10-2-1-9-16(17)25(29)30/h1-10H,11H2,(H,24,26). The quantitative estimate of drug-likeness (QED) is 0.373. The van der Waals surface area contributed by atoms with Crippen molar-refractivity contribution in [3.63, 3.8) is 0 Å². The van der Waals surface area contributed by atoms with Gasteiger partial charge in [-0.3, -0.25) is 24.5 Å². The first-order valence-corrected chi connectivity index (χ1v) is 9.43. The minimum atomic E-state index is -0.649. The molecular weight excluding hydrogens is 424 g/mol. The molecule has 0 aliphatic heterocycles. The second kappa shape index (κ2) is 8.00.